The topological polar surface area (TPSA) is 210 Å². The SMILES string of the molecule is CCCCCCCCC(CCCCCCCCC(=O)OC(COC(C)=O)COC(C)=O)OC(C)=O.CCCCCCCCC(CCCCCCCCC(=O)OCC(COC(C)=O)OC(C)=O)OC(C)=O. The van der Waals surface area contributed by atoms with E-state index in [1.54, 1.807) is 0 Å². The normalized spacial score (nSPS) is 12.1. The van der Waals surface area contributed by atoms with Gasteiger partial charge in [0.05, 0.1) is 0 Å². The fourth-order valence-corrected chi connectivity index (χ4v) is 7.60. The van der Waals surface area contributed by atoms with Crippen LogP contribution < -0.4 is 0 Å². The van der Waals surface area contributed by atoms with Crippen molar-refractivity contribution in [2.75, 3.05) is 26.4 Å². The lowest BCUT2D eigenvalue weighted by atomic mass is 10.0. The van der Waals surface area contributed by atoms with Gasteiger partial charge in [-0.3, -0.25) is 38.4 Å². The number of carbonyl (C=O) groups excluding carboxylic acids is 8. The van der Waals surface area contributed by atoms with Crippen LogP contribution in [0.2, 0.25) is 0 Å². The van der Waals surface area contributed by atoms with E-state index < -0.39 is 42.1 Å². The molecule has 0 fully saturated rings. The second-order valence-electron chi connectivity index (χ2n) is 18.3. The number of hydrogen-bond acceptors (Lipinski definition) is 16. The monoisotopic (exact) mass is 1000 g/mol. The highest BCUT2D eigenvalue weighted by Crippen LogP contribution is 2.19. The third kappa shape index (κ3) is 51.6. The maximum absolute atomic E-state index is 12.1. The summed E-state index contributed by atoms with van der Waals surface area (Å²) in [4.78, 5) is 90.7. The third-order valence-corrected chi connectivity index (χ3v) is 11.2. The average molecular weight is 1000 g/mol. The van der Waals surface area contributed by atoms with Gasteiger partial charge < -0.3 is 37.9 Å². The molecule has 0 spiro atoms. The van der Waals surface area contributed by atoms with E-state index in [1.165, 1.54) is 106 Å². The molecule has 0 amide bonds. The van der Waals surface area contributed by atoms with Crippen molar-refractivity contribution in [3.63, 3.8) is 0 Å². The van der Waals surface area contributed by atoms with Gasteiger partial charge in [-0.1, -0.05) is 129 Å². The minimum Gasteiger partial charge on any atom is -0.463 e. The Labute approximate surface area is 421 Å². The number of esters is 8. The lowest BCUT2D eigenvalue weighted by molar-refractivity contribution is -0.165. The molecule has 0 aliphatic heterocycles. The van der Waals surface area contributed by atoms with Crippen LogP contribution in [0.25, 0.3) is 0 Å². The van der Waals surface area contributed by atoms with Crippen molar-refractivity contribution < 1.29 is 76.3 Å². The summed E-state index contributed by atoms with van der Waals surface area (Å²) < 4.78 is 41.0. The van der Waals surface area contributed by atoms with Gasteiger partial charge in [-0.05, 0) is 64.2 Å². The van der Waals surface area contributed by atoms with Gasteiger partial charge in [-0.15, -0.1) is 0 Å². The molecule has 408 valence electrons. The van der Waals surface area contributed by atoms with Crippen LogP contribution in [-0.2, 0) is 76.3 Å². The Balaban J connectivity index is 0. The second-order valence-corrected chi connectivity index (χ2v) is 18.3. The average Bonchev–Trinajstić information content (AvgIpc) is 3.28. The molecule has 0 aromatic rings. The van der Waals surface area contributed by atoms with Gasteiger partial charge in [0, 0.05) is 54.4 Å². The fourth-order valence-electron chi connectivity index (χ4n) is 7.60. The highest BCUT2D eigenvalue weighted by atomic mass is 16.6. The quantitative estimate of drug-likeness (QED) is 0.0315. The van der Waals surface area contributed by atoms with Crippen molar-refractivity contribution in [2.45, 2.75) is 272 Å². The van der Waals surface area contributed by atoms with Gasteiger partial charge in [0.15, 0.2) is 12.2 Å². The molecule has 70 heavy (non-hydrogen) atoms. The molecule has 0 aliphatic carbocycles. The van der Waals surface area contributed by atoms with Crippen molar-refractivity contribution in [3.05, 3.63) is 0 Å². The molecule has 0 bridgehead atoms. The van der Waals surface area contributed by atoms with E-state index in [9.17, 15) is 38.4 Å². The summed E-state index contributed by atoms with van der Waals surface area (Å²) in [5.74, 6) is -3.15. The molecule has 0 saturated heterocycles. The van der Waals surface area contributed by atoms with Crippen LogP contribution in [0.15, 0.2) is 0 Å². The van der Waals surface area contributed by atoms with Crippen molar-refractivity contribution in [1.82, 2.24) is 0 Å². The minimum absolute atomic E-state index is 0.0281. The van der Waals surface area contributed by atoms with Crippen molar-refractivity contribution in [3.8, 4) is 0 Å². The number of ether oxygens (including phenoxy) is 8. The number of rotatable bonds is 44. The Morgan fingerprint density at radius 1 is 0.271 bits per heavy atom. The zero-order chi connectivity index (χ0) is 52.6. The Kier molecular flexibility index (Phi) is 46.9. The number of unbranched alkanes of at least 4 members (excludes halogenated alkanes) is 20. The van der Waals surface area contributed by atoms with Crippen LogP contribution in [0.3, 0.4) is 0 Å². The summed E-state index contributed by atoms with van der Waals surface area (Å²) in [6.07, 6.45) is 29.3. The van der Waals surface area contributed by atoms with Crippen LogP contribution in [-0.4, -0.2) is 98.6 Å². The van der Waals surface area contributed by atoms with E-state index in [1.807, 2.05) is 0 Å². The highest BCUT2D eigenvalue weighted by molar-refractivity contribution is 5.70. The first-order valence-corrected chi connectivity index (χ1v) is 26.8. The van der Waals surface area contributed by atoms with Crippen LogP contribution in [0.5, 0.6) is 0 Å². The Morgan fingerprint density at radius 2 is 0.529 bits per heavy atom. The molecule has 0 radical (unpaired) electrons. The highest BCUT2D eigenvalue weighted by Gasteiger charge is 2.19. The first-order chi connectivity index (χ1) is 33.5. The first-order valence-electron chi connectivity index (χ1n) is 26.8. The zero-order valence-corrected chi connectivity index (χ0v) is 44.9. The molecule has 0 N–H and O–H groups in total. The third-order valence-electron chi connectivity index (χ3n) is 11.2. The molecule has 16 heteroatoms. The molecular weight excluding hydrogens is 905 g/mol. The van der Waals surface area contributed by atoms with Crippen molar-refractivity contribution in [1.29, 1.82) is 0 Å². The van der Waals surface area contributed by atoms with Gasteiger partial charge in [0.1, 0.15) is 38.6 Å². The van der Waals surface area contributed by atoms with E-state index >= 15 is 0 Å². The van der Waals surface area contributed by atoms with Crippen molar-refractivity contribution in [2.24, 2.45) is 0 Å². The Bertz CT molecular complexity index is 1370. The van der Waals surface area contributed by atoms with E-state index in [2.05, 4.69) is 13.8 Å². The summed E-state index contributed by atoms with van der Waals surface area (Å²) in [7, 11) is 0. The largest absolute Gasteiger partial charge is 0.463 e. The summed E-state index contributed by atoms with van der Waals surface area (Å²) in [6, 6.07) is 0. The summed E-state index contributed by atoms with van der Waals surface area (Å²) in [5.41, 5.74) is 0. The van der Waals surface area contributed by atoms with E-state index in [0.29, 0.717) is 12.8 Å². The van der Waals surface area contributed by atoms with E-state index in [4.69, 9.17) is 37.9 Å². The molecule has 3 atom stereocenters. The van der Waals surface area contributed by atoms with Crippen LogP contribution >= 0.6 is 0 Å². The number of carbonyl (C=O) groups is 8. The lowest BCUT2D eigenvalue weighted by Gasteiger charge is -2.17. The van der Waals surface area contributed by atoms with Gasteiger partial charge in [-0.25, -0.2) is 0 Å². The Hall–Kier alpha value is -4.24. The first kappa shape index (κ1) is 67.8. The summed E-state index contributed by atoms with van der Waals surface area (Å²) >= 11 is 0. The zero-order valence-electron chi connectivity index (χ0n) is 44.9. The van der Waals surface area contributed by atoms with Gasteiger partial charge in [0.2, 0.25) is 0 Å². The van der Waals surface area contributed by atoms with Crippen LogP contribution in [0.4, 0.5) is 0 Å². The summed E-state index contributed by atoms with van der Waals surface area (Å²) in [5, 5.41) is 0. The van der Waals surface area contributed by atoms with E-state index in [-0.39, 0.29) is 63.0 Å². The molecule has 0 aromatic carbocycles. The van der Waals surface area contributed by atoms with Gasteiger partial charge in [-0.2, -0.15) is 0 Å². The smallest absolute Gasteiger partial charge is 0.306 e. The maximum atomic E-state index is 12.1. The van der Waals surface area contributed by atoms with Gasteiger partial charge >= 0.3 is 47.8 Å². The minimum atomic E-state index is -0.795. The Morgan fingerprint density at radius 3 is 0.843 bits per heavy atom. The predicted molar refractivity (Wildman–Crippen MR) is 267 cm³/mol. The number of hydrogen-bond donors (Lipinski definition) is 0. The van der Waals surface area contributed by atoms with Crippen LogP contribution in [0.1, 0.15) is 248 Å². The molecular formula is C54H96O16. The standard InChI is InChI=1S/2C27H48O8/c1-5-6-7-8-11-14-17-25(34-23(3)29)18-15-12-9-10-13-16-19-27(31)33-21-26(35-24(4)30)20-32-22(2)28;1-5-6-7-8-11-14-17-25(34-24(4)30)18-15-12-9-10-13-16-19-27(31)35-26(20-32-22(2)28)21-33-23(3)29/h2*25-26H,5-21H2,1-4H3. The molecule has 0 rings (SSSR count). The molecule has 3 unspecified atom stereocenters. The predicted octanol–water partition coefficient (Wildman–Crippen LogP) is 11.7. The van der Waals surface area contributed by atoms with E-state index in [0.717, 1.165) is 109 Å². The fraction of sp³-hybridized carbons (Fsp3) is 0.852. The maximum Gasteiger partial charge on any atom is 0.306 e. The molecule has 0 heterocycles. The molecule has 0 saturated carbocycles. The van der Waals surface area contributed by atoms with Gasteiger partial charge in [0.25, 0.3) is 0 Å². The van der Waals surface area contributed by atoms with Crippen molar-refractivity contribution >= 4 is 47.8 Å². The lowest BCUT2D eigenvalue weighted by Crippen LogP contribution is -2.30. The second kappa shape index (κ2) is 48.4. The summed E-state index contributed by atoms with van der Waals surface area (Å²) in [6.45, 7) is 11.9. The molecule has 16 nitrogen and oxygen atoms in total. The molecule has 0 aliphatic rings. The molecule has 0 aromatic heterocycles. The van der Waals surface area contributed by atoms with Crippen LogP contribution in [0, 0.1) is 0 Å².